The van der Waals surface area contributed by atoms with Gasteiger partial charge >= 0.3 is 0 Å². The van der Waals surface area contributed by atoms with E-state index in [1.807, 2.05) is 24.3 Å². The predicted molar refractivity (Wildman–Crippen MR) is 90.7 cm³/mol. The van der Waals surface area contributed by atoms with Crippen molar-refractivity contribution in [2.45, 2.75) is 13.1 Å². The van der Waals surface area contributed by atoms with Crippen LogP contribution >= 0.6 is 23.8 Å². The van der Waals surface area contributed by atoms with Crippen molar-refractivity contribution in [3.8, 4) is 5.75 Å². The lowest BCUT2D eigenvalue weighted by molar-refractivity contribution is 0.409. The van der Waals surface area contributed by atoms with E-state index in [2.05, 4.69) is 10.6 Å². The van der Waals surface area contributed by atoms with Gasteiger partial charge in [-0.05, 0) is 30.4 Å². The fourth-order valence-corrected chi connectivity index (χ4v) is 2.23. The van der Waals surface area contributed by atoms with E-state index in [0.29, 0.717) is 28.8 Å². The van der Waals surface area contributed by atoms with Gasteiger partial charge in [-0.2, -0.15) is 0 Å². The number of hydrogen-bond donors (Lipinski definition) is 2. The Bertz CT molecular complexity index is 666. The number of thiocarbonyl (C=S) groups is 1. The van der Waals surface area contributed by atoms with Gasteiger partial charge in [-0.15, -0.1) is 0 Å². The maximum Gasteiger partial charge on any atom is 0.166 e. The van der Waals surface area contributed by atoms with E-state index in [1.54, 1.807) is 19.2 Å². The molecule has 0 aliphatic carbocycles. The smallest absolute Gasteiger partial charge is 0.166 e. The summed E-state index contributed by atoms with van der Waals surface area (Å²) in [6.07, 6.45) is 0. The van der Waals surface area contributed by atoms with Crippen LogP contribution < -0.4 is 15.4 Å². The Kier molecular flexibility index (Phi) is 5.98. The van der Waals surface area contributed by atoms with Crippen molar-refractivity contribution >= 4 is 28.9 Å². The molecule has 0 aliphatic heterocycles. The molecule has 0 radical (unpaired) electrons. The Morgan fingerprint density at radius 2 is 1.82 bits per heavy atom. The third-order valence-corrected chi connectivity index (χ3v) is 3.61. The highest BCUT2D eigenvalue weighted by atomic mass is 35.5. The average Bonchev–Trinajstić information content (AvgIpc) is 2.52. The van der Waals surface area contributed by atoms with Gasteiger partial charge in [0.15, 0.2) is 5.11 Å². The van der Waals surface area contributed by atoms with Crippen LogP contribution in [0.2, 0.25) is 5.02 Å². The molecule has 0 atom stereocenters. The molecule has 3 nitrogen and oxygen atoms in total. The fraction of sp³-hybridized carbons (Fsp3) is 0.188. The molecule has 0 spiro atoms. The maximum atomic E-state index is 13.6. The molecule has 0 aliphatic rings. The van der Waals surface area contributed by atoms with Gasteiger partial charge in [-0.25, -0.2) is 4.39 Å². The lowest BCUT2D eigenvalue weighted by Gasteiger charge is -2.13. The quantitative estimate of drug-likeness (QED) is 0.815. The molecule has 0 unspecified atom stereocenters. The molecule has 2 aromatic rings. The van der Waals surface area contributed by atoms with Gasteiger partial charge in [0.1, 0.15) is 11.6 Å². The lowest BCUT2D eigenvalue weighted by Crippen LogP contribution is -2.34. The minimum atomic E-state index is -0.354. The van der Waals surface area contributed by atoms with Crippen LogP contribution in [0.25, 0.3) is 0 Å². The summed E-state index contributed by atoms with van der Waals surface area (Å²) in [6.45, 7) is 0.819. The van der Waals surface area contributed by atoms with E-state index in [1.165, 1.54) is 6.07 Å². The molecule has 2 N–H and O–H groups in total. The Morgan fingerprint density at radius 3 is 2.50 bits per heavy atom. The Hall–Kier alpha value is -1.85. The van der Waals surface area contributed by atoms with Crippen LogP contribution in [0.3, 0.4) is 0 Å². The normalized spacial score (nSPS) is 10.1. The van der Waals surface area contributed by atoms with Crippen LogP contribution in [0.5, 0.6) is 5.75 Å². The molecule has 6 heteroatoms. The summed E-state index contributed by atoms with van der Waals surface area (Å²) in [5.74, 6) is 0.439. The summed E-state index contributed by atoms with van der Waals surface area (Å²) < 4.78 is 18.9. The van der Waals surface area contributed by atoms with E-state index < -0.39 is 0 Å². The second kappa shape index (κ2) is 7.96. The number of ether oxygens (including phenoxy) is 1. The number of para-hydroxylation sites is 1. The van der Waals surface area contributed by atoms with Crippen molar-refractivity contribution < 1.29 is 9.13 Å². The molecule has 22 heavy (non-hydrogen) atoms. The SMILES string of the molecule is COc1ccccc1CNC(=S)NCc1ccc(Cl)cc1F. The van der Waals surface area contributed by atoms with Crippen molar-refractivity contribution in [1.82, 2.24) is 10.6 Å². The first-order valence-corrected chi connectivity index (χ1v) is 7.46. The topological polar surface area (TPSA) is 33.3 Å². The van der Waals surface area contributed by atoms with Crippen LogP contribution in [0.4, 0.5) is 4.39 Å². The zero-order chi connectivity index (χ0) is 15.9. The summed E-state index contributed by atoms with van der Waals surface area (Å²) in [5, 5.41) is 6.85. The van der Waals surface area contributed by atoms with Gasteiger partial charge in [0.25, 0.3) is 0 Å². The highest BCUT2D eigenvalue weighted by Crippen LogP contribution is 2.17. The second-order valence-electron chi connectivity index (χ2n) is 4.58. The molecule has 0 amide bonds. The van der Waals surface area contributed by atoms with E-state index in [0.717, 1.165) is 11.3 Å². The van der Waals surface area contributed by atoms with E-state index in [4.69, 9.17) is 28.6 Å². The zero-order valence-electron chi connectivity index (χ0n) is 12.0. The minimum Gasteiger partial charge on any atom is -0.496 e. The van der Waals surface area contributed by atoms with Crippen LogP contribution in [-0.4, -0.2) is 12.2 Å². The minimum absolute atomic E-state index is 0.292. The van der Waals surface area contributed by atoms with Gasteiger partial charge in [-0.1, -0.05) is 35.9 Å². The molecule has 2 aromatic carbocycles. The first kappa shape index (κ1) is 16.5. The van der Waals surface area contributed by atoms with Crippen LogP contribution in [-0.2, 0) is 13.1 Å². The first-order valence-electron chi connectivity index (χ1n) is 6.67. The van der Waals surface area contributed by atoms with Gasteiger partial charge < -0.3 is 15.4 Å². The van der Waals surface area contributed by atoms with E-state index in [9.17, 15) is 4.39 Å². The Balaban J connectivity index is 1.85. The molecule has 116 valence electrons. The van der Waals surface area contributed by atoms with E-state index >= 15 is 0 Å². The van der Waals surface area contributed by atoms with E-state index in [-0.39, 0.29) is 5.82 Å². The third kappa shape index (κ3) is 4.58. The van der Waals surface area contributed by atoms with Crippen LogP contribution in [0, 0.1) is 5.82 Å². The highest BCUT2D eigenvalue weighted by molar-refractivity contribution is 7.80. The van der Waals surface area contributed by atoms with Crippen molar-refractivity contribution in [2.24, 2.45) is 0 Å². The summed E-state index contributed by atoms with van der Waals surface area (Å²) in [7, 11) is 1.62. The number of benzene rings is 2. The van der Waals surface area contributed by atoms with Crippen LogP contribution in [0.1, 0.15) is 11.1 Å². The van der Waals surface area contributed by atoms with Gasteiger partial charge in [-0.3, -0.25) is 0 Å². The molecule has 0 bridgehead atoms. The third-order valence-electron chi connectivity index (χ3n) is 3.09. The Labute approximate surface area is 139 Å². The monoisotopic (exact) mass is 338 g/mol. The zero-order valence-corrected chi connectivity index (χ0v) is 13.6. The molecular weight excluding hydrogens is 323 g/mol. The molecule has 2 rings (SSSR count). The average molecular weight is 339 g/mol. The first-order chi connectivity index (χ1) is 10.6. The van der Waals surface area contributed by atoms with Crippen molar-refractivity contribution in [3.05, 3.63) is 64.4 Å². The van der Waals surface area contributed by atoms with Crippen LogP contribution in [0.15, 0.2) is 42.5 Å². The molecule has 0 saturated heterocycles. The standard InChI is InChI=1S/C16H16ClFN2OS/c1-21-15-5-3-2-4-12(15)10-20-16(22)19-9-11-6-7-13(17)8-14(11)18/h2-8H,9-10H2,1H3,(H2,19,20,22). The molecule has 0 aromatic heterocycles. The molecule has 0 heterocycles. The summed E-state index contributed by atoms with van der Waals surface area (Å²) >= 11 is 10.9. The number of methoxy groups -OCH3 is 1. The van der Waals surface area contributed by atoms with Crippen molar-refractivity contribution in [2.75, 3.05) is 7.11 Å². The van der Waals surface area contributed by atoms with Crippen molar-refractivity contribution in [3.63, 3.8) is 0 Å². The molecular formula is C16H16ClFN2OS. The number of nitrogens with one attached hydrogen (secondary N) is 2. The number of halogens is 2. The summed E-state index contributed by atoms with van der Waals surface area (Å²) in [4.78, 5) is 0. The highest BCUT2D eigenvalue weighted by Gasteiger charge is 2.05. The number of hydrogen-bond acceptors (Lipinski definition) is 2. The maximum absolute atomic E-state index is 13.6. The second-order valence-corrected chi connectivity index (χ2v) is 5.43. The van der Waals surface area contributed by atoms with Gasteiger partial charge in [0.05, 0.1) is 7.11 Å². The fourth-order valence-electron chi connectivity index (χ4n) is 1.93. The predicted octanol–water partition coefficient (Wildman–Crippen LogP) is 3.65. The largest absolute Gasteiger partial charge is 0.496 e. The molecule has 0 fully saturated rings. The summed E-state index contributed by atoms with van der Waals surface area (Å²) in [5.41, 5.74) is 1.50. The lowest BCUT2D eigenvalue weighted by atomic mass is 10.2. The van der Waals surface area contributed by atoms with Gasteiger partial charge in [0, 0.05) is 29.2 Å². The van der Waals surface area contributed by atoms with Crippen molar-refractivity contribution in [1.29, 1.82) is 0 Å². The molecule has 0 saturated carbocycles. The Morgan fingerprint density at radius 1 is 1.14 bits per heavy atom. The summed E-state index contributed by atoms with van der Waals surface area (Å²) in [6, 6.07) is 12.2. The van der Waals surface area contributed by atoms with Gasteiger partial charge in [0.2, 0.25) is 0 Å². The number of rotatable bonds is 5.